The minimum Gasteiger partial charge on any atom is -0.356 e. The van der Waals surface area contributed by atoms with Gasteiger partial charge in [0.15, 0.2) is 0 Å². The van der Waals surface area contributed by atoms with E-state index in [4.69, 9.17) is 0 Å². The first-order chi connectivity index (χ1) is 9.28. The summed E-state index contributed by atoms with van der Waals surface area (Å²) in [5, 5.41) is 3.48. The van der Waals surface area contributed by atoms with E-state index in [1.54, 1.807) is 0 Å². The molecule has 0 saturated carbocycles. The zero-order chi connectivity index (χ0) is 14.9. The molecule has 1 heteroatoms. The van der Waals surface area contributed by atoms with Gasteiger partial charge in [-0.05, 0) is 54.9 Å². The van der Waals surface area contributed by atoms with Gasteiger partial charge in [0.05, 0.1) is 0 Å². The Kier molecular flexibility index (Phi) is 3.89. The highest BCUT2D eigenvalue weighted by Crippen LogP contribution is 2.39. The summed E-state index contributed by atoms with van der Waals surface area (Å²) in [6.45, 7) is 17.0. The van der Waals surface area contributed by atoms with Gasteiger partial charge in [-0.25, -0.2) is 0 Å². The molecule has 1 aromatic carbocycles. The molecule has 0 saturated heterocycles. The lowest BCUT2D eigenvalue weighted by Gasteiger charge is -2.19. The molecule has 1 nitrogen and oxygen atoms in total. The van der Waals surface area contributed by atoms with Crippen LogP contribution in [0.25, 0.3) is 5.57 Å². The van der Waals surface area contributed by atoms with Gasteiger partial charge in [-0.15, -0.1) is 0 Å². The lowest BCUT2D eigenvalue weighted by Crippen LogP contribution is -2.08. The molecule has 20 heavy (non-hydrogen) atoms. The van der Waals surface area contributed by atoms with E-state index >= 15 is 0 Å². The zero-order valence-electron chi connectivity index (χ0n) is 13.1. The Morgan fingerprint density at radius 3 is 2.50 bits per heavy atom. The van der Waals surface area contributed by atoms with Gasteiger partial charge in [0.25, 0.3) is 0 Å². The normalized spacial score (nSPS) is 16.7. The van der Waals surface area contributed by atoms with Crippen molar-refractivity contribution < 1.29 is 0 Å². The van der Waals surface area contributed by atoms with Crippen molar-refractivity contribution >= 4 is 11.3 Å². The Morgan fingerprint density at radius 1 is 1.25 bits per heavy atom. The van der Waals surface area contributed by atoms with Crippen molar-refractivity contribution in [3.8, 4) is 0 Å². The Hall–Kier alpha value is -1.76. The van der Waals surface area contributed by atoms with Gasteiger partial charge in [-0.2, -0.15) is 0 Å². The van der Waals surface area contributed by atoms with Gasteiger partial charge >= 0.3 is 0 Å². The molecule has 0 heterocycles. The number of hydrogen-bond donors (Lipinski definition) is 1. The highest BCUT2D eigenvalue weighted by molar-refractivity contribution is 5.69. The number of rotatable bonds is 4. The summed E-state index contributed by atoms with van der Waals surface area (Å²) in [5.41, 5.74) is 7.35. The average Bonchev–Trinajstić information content (AvgIpc) is 2.72. The van der Waals surface area contributed by atoms with Crippen LogP contribution in [-0.2, 0) is 0 Å². The number of hydrogen-bond acceptors (Lipinski definition) is 1. The second kappa shape index (κ2) is 5.32. The average molecular weight is 267 g/mol. The maximum atomic E-state index is 4.21. The van der Waals surface area contributed by atoms with E-state index in [2.05, 4.69) is 63.5 Å². The third kappa shape index (κ3) is 3.22. The fraction of sp³-hybridized carbons (Fsp3) is 0.368. The van der Waals surface area contributed by atoms with Crippen molar-refractivity contribution in [2.75, 3.05) is 5.32 Å². The Morgan fingerprint density at radius 2 is 1.95 bits per heavy atom. The van der Waals surface area contributed by atoms with Crippen LogP contribution in [0.15, 0.2) is 48.7 Å². The first kappa shape index (κ1) is 14.6. The first-order valence-corrected chi connectivity index (χ1v) is 7.20. The monoisotopic (exact) mass is 267 g/mol. The third-order valence-corrected chi connectivity index (χ3v) is 3.97. The number of nitrogens with one attached hydrogen (secondary N) is 1. The van der Waals surface area contributed by atoms with Crippen molar-refractivity contribution in [2.24, 2.45) is 5.41 Å². The van der Waals surface area contributed by atoms with Crippen molar-refractivity contribution in [1.29, 1.82) is 0 Å². The minimum atomic E-state index is 0.370. The fourth-order valence-corrected chi connectivity index (χ4v) is 2.55. The molecule has 1 aliphatic carbocycles. The van der Waals surface area contributed by atoms with Gasteiger partial charge in [0.2, 0.25) is 0 Å². The molecule has 1 aromatic rings. The molecule has 1 aliphatic rings. The SMILES string of the molecule is C=C(Nc1cc(C(=C)C)ccc1C)C1=CCC(C)(C)C1. The molecular weight excluding hydrogens is 242 g/mol. The van der Waals surface area contributed by atoms with Crippen LogP contribution < -0.4 is 5.32 Å². The highest BCUT2D eigenvalue weighted by atomic mass is 14.9. The van der Waals surface area contributed by atoms with Crippen LogP contribution in [0.2, 0.25) is 0 Å². The molecule has 2 rings (SSSR count). The standard InChI is InChI=1S/C19H25N/c1-13(2)16-8-7-14(3)18(11-16)20-15(4)17-9-10-19(5,6)12-17/h7-9,11,20H,1,4,10,12H2,2-3,5-6H3. The molecule has 0 radical (unpaired) electrons. The van der Waals surface area contributed by atoms with Crippen LogP contribution in [-0.4, -0.2) is 0 Å². The maximum Gasteiger partial charge on any atom is 0.0419 e. The van der Waals surface area contributed by atoms with Gasteiger partial charge in [-0.1, -0.05) is 50.8 Å². The smallest absolute Gasteiger partial charge is 0.0419 e. The summed E-state index contributed by atoms with van der Waals surface area (Å²) in [4.78, 5) is 0. The van der Waals surface area contributed by atoms with Crippen LogP contribution in [0.4, 0.5) is 5.69 Å². The third-order valence-electron chi connectivity index (χ3n) is 3.97. The van der Waals surface area contributed by atoms with Crippen LogP contribution >= 0.6 is 0 Å². The van der Waals surface area contributed by atoms with E-state index < -0.39 is 0 Å². The van der Waals surface area contributed by atoms with E-state index in [1.165, 1.54) is 16.7 Å². The number of aryl methyl sites for hydroxylation is 1. The summed E-state index contributed by atoms with van der Waals surface area (Å²) >= 11 is 0. The van der Waals surface area contributed by atoms with Gasteiger partial charge in [0, 0.05) is 11.4 Å². The van der Waals surface area contributed by atoms with Crippen molar-refractivity contribution in [2.45, 2.75) is 40.5 Å². The molecule has 0 bridgehead atoms. The van der Waals surface area contributed by atoms with Crippen molar-refractivity contribution in [1.82, 2.24) is 0 Å². The Bertz CT molecular complexity index is 588. The predicted octanol–water partition coefficient (Wildman–Crippen LogP) is 5.70. The summed E-state index contributed by atoms with van der Waals surface area (Å²) in [7, 11) is 0. The van der Waals surface area contributed by atoms with Gasteiger partial charge in [0.1, 0.15) is 0 Å². The lowest BCUT2D eigenvalue weighted by molar-refractivity contribution is 0.395. The summed E-state index contributed by atoms with van der Waals surface area (Å²) in [5.74, 6) is 0. The number of anilines is 1. The lowest BCUT2D eigenvalue weighted by atomic mass is 9.89. The first-order valence-electron chi connectivity index (χ1n) is 7.20. The second-order valence-electron chi connectivity index (χ2n) is 6.69. The topological polar surface area (TPSA) is 12.0 Å². The van der Waals surface area contributed by atoms with E-state index in [0.29, 0.717) is 5.41 Å². The van der Waals surface area contributed by atoms with E-state index in [9.17, 15) is 0 Å². The predicted molar refractivity (Wildman–Crippen MR) is 89.7 cm³/mol. The largest absolute Gasteiger partial charge is 0.356 e. The highest BCUT2D eigenvalue weighted by Gasteiger charge is 2.25. The van der Waals surface area contributed by atoms with Crippen molar-refractivity contribution in [3.05, 3.63) is 59.8 Å². The van der Waals surface area contributed by atoms with Crippen LogP contribution in [0, 0.1) is 12.3 Å². The molecular formula is C19H25N. The van der Waals surface area contributed by atoms with Gasteiger partial charge in [-0.3, -0.25) is 0 Å². The fourth-order valence-electron chi connectivity index (χ4n) is 2.55. The van der Waals surface area contributed by atoms with E-state index in [0.717, 1.165) is 29.8 Å². The molecule has 0 amide bonds. The molecule has 0 fully saturated rings. The molecule has 0 aromatic heterocycles. The zero-order valence-corrected chi connectivity index (χ0v) is 13.1. The summed E-state index contributed by atoms with van der Waals surface area (Å²) < 4.78 is 0. The Labute approximate surface area is 123 Å². The Balaban J connectivity index is 2.16. The van der Waals surface area contributed by atoms with Gasteiger partial charge < -0.3 is 5.32 Å². The molecule has 0 aliphatic heterocycles. The van der Waals surface area contributed by atoms with Crippen LogP contribution in [0.5, 0.6) is 0 Å². The summed E-state index contributed by atoms with van der Waals surface area (Å²) in [6.07, 6.45) is 4.54. The van der Waals surface area contributed by atoms with Crippen LogP contribution in [0.3, 0.4) is 0 Å². The molecule has 106 valence electrons. The second-order valence-corrected chi connectivity index (χ2v) is 6.69. The molecule has 0 unspecified atom stereocenters. The van der Waals surface area contributed by atoms with E-state index in [-0.39, 0.29) is 0 Å². The number of benzene rings is 1. The van der Waals surface area contributed by atoms with Crippen molar-refractivity contribution in [3.63, 3.8) is 0 Å². The molecule has 0 spiro atoms. The minimum absolute atomic E-state index is 0.370. The summed E-state index contributed by atoms with van der Waals surface area (Å²) in [6, 6.07) is 6.40. The molecule has 0 atom stereocenters. The van der Waals surface area contributed by atoms with Crippen LogP contribution in [0.1, 0.15) is 44.7 Å². The maximum absolute atomic E-state index is 4.21. The quantitative estimate of drug-likeness (QED) is 0.737. The number of allylic oxidation sites excluding steroid dienone is 3. The van der Waals surface area contributed by atoms with E-state index in [1.807, 2.05) is 6.92 Å². The molecule has 1 N–H and O–H groups in total.